The van der Waals surface area contributed by atoms with Crippen molar-refractivity contribution in [2.24, 2.45) is 0 Å². The number of hydrogen-bond donors (Lipinski definition) is 2. The second-order valence-corrected chi connectivity index (χ2v) is 7.97. The van der Waals surface area contributed by atoms with Crippen LogP contribution in [-0.4, -0.2) is 13.4 Å². The molecule has 5 nitrogen and oxygen atoms in total. The van der Waals surface area contributed by atoms with Gasteiger partial charge < -0.3 is 5.32 Å². The average molecular weight is 385 g/mol. The zero-order valence-electron chi connectivity index (χ0n) is 15.0. The minimum absolute atomic E-state index is 0.00947. The zero-order valence-corrected chi connectivity index (χ0v) is 15.8. The molecule has 0 amide bonds. The topological polar surface area (TPSA) is 71.1 Å². The molecule has 2 aromatic carbocycles. The summed E-state index contributed by atoms with van der Waals surface area (Å²) in [6, 6.07) is 15.1. The van der Waals surface area contributed by atoms with Gasteiger partial charge in [-0.2, -0.15) is 0 Å². The van der Waals surface area contributed by atoms with Gasteiger partial charge in [0.05, 0.1) is 16.8 Å². The van der Waals surface area contributed by atoms with Gasteiger partial charge in [-0.05, 0) is 55.3 Å². The zero-order chi connectivity index (χ0) is 19.4. The number of aryl methyl sites for hydroxylation is 2. The maximum atomic E-state index is 13.3. The van der Waals surface area contributed by atoms with Crippen LogP contribution in [0, 0.1) is 19.7 Å². The molecule has 7 heteroatoms. The van der Waals surface area contributed by atoms with E-state index < -0.39 is 15.8 Å². The number of nitrogens with one attached hydrogen (secondary N) is 2. The Morgan fingerprint density at radius 2 is 1.74 bits per heavy atom. The highest BCUT2D eigenvalue weighted by molar-refractivity contribution is 7.92. The Kier molecular flexibility index (Phi) is 5.41. The lowest BCUT2D eigenvalue weighted by atomic mass is 10.1. The van der Waals surface area contributed by atoms with Crippen LogP contribution in [0.2, 0.25) is 0 Å². The lowest BCUT2D eigenvalue weighted by Gasteiger charge is -2.10. The standard InChI is InChI=1S/C20H20FN3O2S/c1-14-3-5-16(6-4-14)12-22-17-7-10-20(23-13-17)24-27(25,26)18-8-9-19(21)15(2)11-18/h3-11,13,22H,12H2,1-2H3,(H,23,24). The second-order valence-electron chi connectivity index (χ2n) is 6.29. The maximum absolute atomic E-state index is 13.3. The molecular weight excluding hydrogens is 365 g/mol. The Hall–Kier alpha value is -2.93. The van der Waals surface area contributed by atoms with E-state index >= 15 is 0 Å². The van der Waals surface area contributed by atoms with E-state index in [1.165, 1.54) is 24.6 Å². The third-order valence-electron chi connectivity index (χ3n) is 4.06. The molecule has 0 atom stereocenters. The fraction of sp³-hybridized carbons (Fsp3) is 0.150. The fourth-order valence-corrected chi connectivity index (χ4v) is 3.54. The van der Waals surface area contributed by atoms with Crippen molar-refractivity contribution in [3.8, 4) is 0 Å². The summed E-state index contributed by atoms with van der Waals surface area (Å²) in [6.45, 7) is 4.19. The van der Waals surface area contributed by atoms with Gasteiger partial charge in [-0.1, -0.05) is 29.8 Å². The second kappa shape index (κ2) is 7.75. The molecule has 0 fully saturated rings. The third kappa shape index (κ3) is 4.83. The Bertz CT molecular complexity index is 1030. The van der Waals surface area contributed by atoms with Gasteiger partial charge in [-0.15, -0.1) is 0 Å². The van der Waals surface area contributed by atoms with Crippen molar-refractivity contribution in [1.82, 2.24) is 4.98 Å². The van der Waals surface area contributed by atoms with Crippen molar-refractivity contribution < 1.29 is 12.8 Å². The van der Waals surface area contributed by atoms with Crippen LogP contribution in [0.15, 0.2) is 65.7 Å². The Labute approximate surface area is 158 Å². The number of rotatable bonds is 6. The van der Waals surface area contributed by atoms with Crippen molar-refractivity contribution >= 4 is 21.5 Å². The van der Waals surface area contributed by atoms with Gasteiger partial charge in [0.1, 0.15) is 11.6 Å². The highest BCUT2D eigenvalue weighted by Crippen LogP contribution is 2.18. The summed E-state index contributed by atoms with van der Waals surface area (Å²) in [6.07, 6.45) is 1.56. The van der Waals surface area contributed by atoms with E-state index in [1.807, 2.05) is 31.2 Å². The van der Waals surface area contributed by atoms with E-state index in [-0.39, 0.29) is 16.3 Å². The lowest BCUT2D eigenvalue weighted by molar-refractivity contribution is 0.598. The Morgan fingerprint density at radius 3 is 2.37 bits per heavy atom. The van der Waals surface area contributed by atoms with Crippen molar-refractivity contribution in [1.29, 1.82) is 0 Å². The first-order valence-electron chi connectivity index (χ1n) is 8.38. The summed E-state index contributed by atoms with van der Waals surface area (Å²) in [5.74, 6) is -0.256. The van der Waals surface area contributed by atoms with Crippen LogP contribution in [0.4, 0.5) is 15.9 Å². The molecule has 0 aliphatic rings. The first kappa shape index (κ1) is 18.8. The molecule has 140 valence electrons. The highest BCUT2D eigenvalue weighted by atomic mass is 32.2. The molecule has 1 aromatic heterocycles. The number of pyridine rings is 1. The van der Waals surface area contributed by atoms with Gasteiger partial charge in [0.25, 0.3) is 10.0 Å². The summed E-state index contributed by atoms with van der Waals surface area (Å²) < 4.78 is 40.5. The molecule has 3 aromatic rings. The molecule has 0 radical (unpaired) electrons. The minimum Gasteiger partial charge on any atom is -0.380 e. The first-order valence-corrected chi connectivity index (χ1v) is 9.86. The van der Waals surface area contributed by atoms with Crippen molar-refractivity contribution in [3.05, 3.63) is 83.3 Å². The van der Waals surface area contributed by atoms with Crippen molar-refractivity contribution in [2.75, 3.05) is 10.0 Å². The first-order chi connectivity index (χ1) is 12.8. The molecular formula is C20H20FN3O2S. The predicted molar refractivity (Wildman–Crippen MR) is 105 cm³/mol. The van der Waals surface area contributed by atoms with Gasteiger partial charge in [-0.25, -0.2) is 17.8 Å². The summed E-state index contributed by atoms with van der Waals surface area (Å²) in [5.41, 5.74) is 3.38. The predicted octanol–water partition coefficient (Wildman–Crippen LogP) is 4.25. The van der Waals surface area contributed by atoms with Gasteiger partial charge in [0.2, 0.25) is 0 Å². The number of hydrogen-bond acceptors (Lipinski definition) is 4. The molecule has 1 heterocycles. The van der Waals surface area contributed by atoms with Gasteiger partial charge >= 0.3 is 0 Å². The number of aromatic nitrogens is 1. The Balaban J connectivity index is 1.66. The number of anilines is 2. The quantitative estimate of drug-likeness (QED) is 0.665. The van der Waals surface area contributed by atoms with E-state index in [0.717, 1.165) is 17.3 Å². The molecule has 27 heavy (non-hydrogen) atoms. The van der Waals surface area contributed by atoms with Crippen LogP contribution >= 0.6 is 0 Å². The molecule has 0 spiro atoms. The van der Waals surface area contributed by atoms with E-state index in [0.29, 0.717) is 6.54 Å². The average Bonchev–Trinajstić information content (AvgIpc) is 2.64. The number of benzene rings is 2. The summed E-state index contributed by atoms with van der Waals surface area (Å²) in [7, 11) is -3.82. The van der Waals surface area contributed by atoms with Crippen molar-refractivity contribution in [3.63, 3.8) is 0 Å². The smallest absolute Gasteiger partial charge is 0.263 e. The third-order valence-corrected chi connectivity index (χ3v) is 5.41. The largest absolute Gasteiger partial charge is 0.380 e. The number of sulfonamides is 1. The van der Waals surface area contributed by atoms with Gasteiger partial charge in [0.15, 0.2) is 0 Å². The summed E-state index contributed by atoms with van der Waals surface area (Å²) >= 11 is 0. The highest BCUT2D eigenvalue weighted by Gasteiger charge is 2.16. The minimum atomic E-state index is -3.82. The fourth-order valence-electron chi connectivity index (χ4n) is 2.45. The van der Waals surface area contributed by atoms with Crippen LogP contribution in [0.25, 0.3) is 0 Å². The van der Waals surface area contributed by atoms with Gasteiger partial charge in [0, 0.05) is 6.54 Å². The number of nitrogens with zero attached hydrogens (tertiary/aromatic N) is 1. The van der Waals surface area contributed by atoms with Crippen LogP contribution in [0.1, 0.15) is 16.7 Å². The molecule has 0 saturated carbocycles. The van der Waals surface area contributed by atoms with E-state index in [2.05, 4.69) is 15.0 Å². The van der Waals surface area contributed by atoms with Gasteiger partial charge in [-0.3, -0.25) is 4.72 Å². The van der Waals surface area contributed by atoms with E-state index in [9.17, 15) is 12.8 Å². The SMILES string of the molecule is Cc1ccc(CNc2ccc(NS(=O)(=O)c3ccc(F)c(C)c3)nc2)cc1. The Morgan fingerprint density at radius 1 is 1.00 bits per heavy atom. The van der Waals surface area contributed by atoms with Crippen molar-refractivity contribution in [2.45, 2.75) is 25.3 Å². The summed E-state index contributed by atoms with van der Waals surface area (Å²) in [4.78, 5) is 4.12. The van der Waals surface area contributed by atoms with Crippen LogP contribution in [0.3, 0.4) is 0 Å². The molecule has 0 bridgehead atoms. The normalized spacial score (nSPS) is 11.2. The molecule has 0 unspecified atom stereocenters. The van der Waals surface area contributed by atoms with Crippen LogP contribution < -0.4 is 10.0 Å². The lowest BCUT2D eigenvalue weighted by Crippen LogP contribution is -2.14. The van der Waals surface area contributed by atoms with Crippen LogP contribution in [-0.2, 0) is 16.6 Å². The molecule has 0 aliphatic heterocycles. The van der Waals surface area contributed by atoms with E-state index in [1.54, 1.807) is 18.3 Å². The maximum Gasteiger partial charge on any atom is 0.263 e. The molecule has 0 saturated heterocycles. The molecule has 3 rings (SSSR count). The molecule has 0 aliphatic carbocycles. The molecule has 2 N–H and O–H groups in total. The van der Waals surface area contributed by atoms with Crippen LogP contribution in [0.5, 0.6) is 0 Å². The monoisotopic (exact) mass is 385 g/mol. The summed E-state index contributed by atoms with van der Waals surface area (Å²) in [5, 5.41) is 3.23. The number of halogens is 1. The van der Waals surface area contributed by atoms with E-state index in [4.69, 9.17) is 0 Å².